The van der Waals surface area contributed by atoms with Gasteiger partial charge >= 0.3 is 12.2 Å². The van der Waals surface area contributed by atoms with Crippen molar-refractivity contribution in [3.05, 3.63) is 0 Å². The average molecular weight is 486 g/mol. The highest BCUT2D eigenvalue weighted by Gasteiger charge is 2.19. The monoisotopic (exact) mass is 485 g/mol. The maximum absolute atomic E-state index is 11.8. The second-order valence-electron chi connectivity index (χ2n) is 10.4. The molecule has 0 aliphatic carbocycles. The van der Waals surface area contributed by atoms with Crippen LogP contribution in [0.2, 0.25) is 0 Å². The molecule has 1 unspecified atom stereocenters. The number of carbonyl (C=O) groups is 2. The van der Waals surface area contributed by atoms with Crippen molar-refractivity contribution >= 4 is 12.2 Å². The molecular formula is C27H55N3O4. The summed E-state index contributed by atoms with van der Waals surface area (Å²) in [5.41, 5.74) is 5.04. The van der Waals surface area contributed by atoms with Gasteiger partial charge in [0.2, 0.25) is 0 Å². The summed E-state index contributed by atoms with van der Waals surface area (Å²) in [5.74, 6) is 0. The number of nitrogens with one attached hydrogen (secondary N) is 2. The molecule has 0 aromatic heterocycles. The fourth-order valence-electron chi connectivity index (χ4n) is 3.73. The van der Waals surface area contributed by atoms with Gasteiger partial charge in [-0.3, -0.25) is 0 Å². The predicted molar refractivity (Wildman–Crippen MR) is 141 cm³/mol. The maximum Gasteiger partial charge on any atom is 0.408 e. The Kier molecular flexibility index (Phi) is 21.0. The standard InChI is InChI=1S/C27H55N3O4/c1-5-6-7-8-9-10-11-12-13-14-15-16-17-18-19-20-21-29-25(31)33-23-24(22-28)30-26(32)34-27(2,3)4/h24H,5-23,28H2,1-4H3,(H,29,31)(H,30,32). The van der Waals surface area contributed by atoms with Gasteiger partial charge in [-0.2, -0.15) is 0 Å². The van der Waals surface area contributed by atoms with Crippen LogP contribution in [0.3, 0.4) is 0 Å². The number of alkyl carbamates (subject to hydrolysis) is 2. The van der Waals surface area contributed by atoms with Gasteiger partial charge in [-0.25, -0.2) is 9.59 Å². The van der Waals surface area contributed by atoms with Crippen molar-refractivity contribution in [2.75, 3.05) is 19.7 Å². The van der Waals surface area contributed by atoms with Gasteiger partial charge in [0.05, 0.1) is 6.04 Å². The molecule has 1 atom stereocenters. The van der Waals surface area contributed by atoms with Crippen molar-refractivity contribution < 1.29 is 19.1 Å². The van der Waals surface area contributed by atoms with E-state index < -0.39 is 23.8 Å². The number of amides is 2. The van der Waals surface area contributed by atoms with Gasteiger partial charge < -0.3 is 25.8 Å². The van der Waals surface area contributed by atoms with Crippen LogP contribution in [0.15, 0.2) is 0 Å². The normalized spacial score (nSPS) is 12.3. The molecule has 4 N–H and O–H groups in total. The molecule has 7 nitrogen and oxygen atoms in total. The SMILES string of the molecule is CCCCCCCCCCCCCCCCCCNC(=O)OCC(CN)NC(=O)OC(C)(C)C. The van der Waals surface area contributed by atoms with E-state index >= 15 is 0 Å². The van der Waals surface area contributed by atoms with Crippen molar-refractivity contribution in [2.45, 2.75) is 142 Å². The summed E-state index contributed by atoms with van der Waals surface area (Å²) in [6.07, 6.45) is 20.1. The zero-order valence-electron chi connectivity index (χ0n) is 22.7. The summed E-state index contributed by atoms with van der Waals surface area (Å²) in [5, 5.41) is 5.37. The molecule has 0 saturated carbocycles. The van der Waals surface area contributed by atoms with Gasteiger partial charge in [0, 0.05) is 13.1 Å². The van der Waals surface area contributed by atoms with Crippen molar-refractivity contribution in [2.24, 2.45) is 5.73 Å². The Morgan fingerprint density at radius 3 is 1.59 bits per heavy atom. The molecule has 0 fully saturated rings. The van der Waals surface area contributed by atoms with Gasteiger partial charge in [0.1, 0.15) is 12.2 Å². The summed E-state index contributed by atoms with van der Waals surface area (Å²) >= 11 is 0. The summed E-state index contributed by atoms with van der Waals surface area (Å²) in [7, 11) is 0. The Labute approximate surface area is 209 Å². The third-order valence-electron chi connectivity index (χ3n) is 5.72. The zero-order valence-corrected chi connectivity index (χ0v) is 22.7. The first-order chi connectivity index (χ1) is 16.3. The van der Waals surface area contributed by atoms with Crippen LogP contribution < -0.4 is 16.4 Å². The lowest BCUT2D eigenvalue weighted by molar-refractivity contribution is 0.0474. The number of hydrogen-bond acceptors (Lipinski definition) is 5. The van der Waals surface area contributed by atoms with E-state index in [2.05, 4.69) is 17.6 Å². The number of rotatable bonds is 21. The molecule has 7 heteroatoms. The van der Waals surface area contributed by atoms with Crippen LogP contribution in [0.1, 0.15) is 130 Å². The van der Waals surface area contributed by atoms with Gasteiger partial charge in [-0.1, -0.05) is 103 Å². The highest BCUT2D eigenvalue weighted by molar-refractivity contribution is 5.69. The molecule has 2 amide bonds. The minimum Gasteiger partial charge on any atom is -0.447 e. The Balaban J connectivity index is 3.46. The lowest BCUT2D eigenvalue weighted by Crippen LogP contribution is -2.46. The molecule has 0 aromatic carbocycles. The predicted octanol–water partition coefficient (Wildman–Crippen LogP) is 6.83. The van der Waals surface area contributed by atoms with Crippen LogP contribution >= 0.6 is 0 Å². The van der Waals surface area contributed by atoms with E-state index in [1.165, 1.54) is 89.9 Å². The average Bonchev–Trinajstić information content (AvgIpc) is 2.77. The molecule has 0 spiro atoms. The molecule has 0 saturated heterocycles. The highest BCUT2D eigenvalue weighted by Crippen LogP contribution is 2.13. The van der Waals surface area contributed by atoms with E-state index in [1.54, 1.807) is 20.8 Å². The summed E-state index contributed by atoms with van der Waals surface area (Å²) in [6.45, 7) is 8.40. The number of ether oxygens (including phenoxy) is 2. The van der Waals surface area contributed by atoms with Gasteiger partial charge in [0.25, 0.3) is 0 Å². The van der Waals surface area contributed by atoms with E-state index in [0.717, 1.165) is 12.8 Å². The molecule has 0 bridgehead atoms. The van der Waals surface area contributed by atoms with Crippen LogP contribution in [0.5, 0.6) is 0 Å². The summed E-state index contributed by atoms with van der Waals surface area (Å²) < 4.78 is 10.3. The number of nitrogens with two attached hydrogens (primary N) is 1. The minimum atomic E-state index is -0.589. The second kappa shape index (κ2) is 22.0. The van der Waals surface area contributed by atoms with Gasteiger partial charge in [-0.15, -0.1) is 0 Å². The van der Waals surface area contributed by atoms with Gasteiger partial charge in [0.15, 0.2) is 0 Å². The van der Waals surface area contributed by atoms with Crippen molar-refractivity contribution in [3.63, 3.8) is 0 Å². The van der Waals surface area contributed by atoms with Crippen LogP contribution in [0.4, 0.5) is 9.59 Å². The molecule has 34 heavy (non-hydrogen) atoms. The van der Waals surface area contributed by atoms with Crippen LogP contribution in [0, 0.1) is 0 Å². The molecule has 0 aliphatic rings. The first-order valence-corrected chi connectivity index (χ1v) is 13.9. The summed E-state index contributed by atoms with van der Waals surface area (Å²) in [6, 6.07) is -0.476. The molecular weight excluding hydrogens is 430 g/mol. The first-order valence-electron chi connectivity index (χ1n) is 13.9. The molecule has 0 aromatic rings. The highest BCUT2D eigenvalue weighted by atomic mass is 16.6. The number of carbonyl (C=O) groups excluding carboxylic acids is 2. The number of unbranched alkanes of at least 4 members (excludes halogenated alkanes) is 15. The van der Waals surface area contributed by atoms with E-state index in [1.807, 2.05) is 0 Å². The van der Waals surface area contributed by atoms with Crippen molar-refractivity contribution in [3.8, 4) is 0 Å². The Hall–Kier alpha value is -1.50. The van der Waals surface area contributed by atoms with E-state index in [-0.39, 0.29) is 13.2 Å². The smallest absolute Gasteiger partial charge is 0.408 e. The molecule has 202 valence electrons. The third kappa shape index (κ3) is 23.7. The third-order valence-corrected chi connectivity index (χ3v) is 5.72. The second-order valence-corrected chi connectivity index (χ2v) is 10.4. The van der Waals surface area contributed by atoms with E-state index in [4.69, 9.17) is 15.2 Å². The lowest BCUT2D eigenvalue weighted by atomic mass is 10.0. The molecule has 0 rings (SSSR count). The maximum atomic E-state index is 11.8. The molecule has 0 radical (unpaired) electrons. The number of hydrogen-bond donors (Lipinski definition) is 3. The van der Waals surface area contributed by atoms with Gasteiger partial charge in [-0.05, 0) is 27.2 Å². The van der Waals surface area contributed by atoms with Crippen LogP contribution in [-0.4, -0.2) is 43.5 Å². The van der Waals surface area contributed by atoms with Crippen LogP contribution in [0.25, 0.3) is 0 Å². The topological polar surface area (TPSA) is 103 Å². The Morgan fingerprint density at radius 2 is 1.18 bits per heavy atom. The summed E-state index contributed by atoms with van der Waals surface area (Å²) in [4.78, 5) is 23.6. The van der Waals surface area contributed by atoms with Crippen molar-refractivity contribution in [1.82, 2.24) is 10.6 Å². The largest absolute Gasteiger partial charge is 0.447 e. The van der Waals surface area contributed by atoms with E-state index in [9.17, 15) is 9.59 Å². The first kappa shape index (κ1) is 32.5. The molecule has 0 aliphatic heterocycles. The fraction of sp³-hybridized carbons (Fsp3) is 0.926. The Morgan fingerprint density at radius 1 is 0.735 bits per heavy atom. The zero-order chi connectivity index (χ0) is 25.5. The van der Waals surface area contributed by atoms with Crippen LogP contribution in [-0.2, 0) is 9.47 Å². The molecule has 0 heterocycles. The fourth-order valence-corrected chi connectivity index (χ4v) is 3.73. The lowest BCUT2D eigenvalue weighted by Gasteiger charge is -2.22. The Bertz CT molecular complexity index is 495. The van der Waals surface area contributed by atoms with E-state index in [0.29, 0.717) is 6.54 Å². The minimum absolute atomic E-state index is 0.0144. The quantitative estimate of drug-likeness (QED) is 0.155. The van der Waals surface area contributed by atoms with Crippen molar-refractivity contribution in [1.29, 1.82) is 0 Å².